The standard InChI is InChI=1S/C16H22N3O2.3C4H9.Sn/c1-2-14-17-13(12-21-16-7-3-6-10-20-16)11-15(18-14)19-8-4-5-9-19;3*1-3-4-2;/h1-2,11,16H,3-10,12H2;3*1,3-4H2,2H3;. The first-order valence-corrected chi connectivity index (χ1v) is 21.9. The molecule has 5 nitrogen and oxygen atoms in total. The third kappa shape index (κ3) is 9.09. The fourth-order valence-electron chi connectivity index (χ4n) is 5.24. The molecule has 3 heterocycles. The predicted molar refractivity (Wildman–Crippen MR) is 146 cm³/mol. The second-order valence-corrected chi connectivity index (χ2v) is 23.4. The van der Waals surface area contributed by atoms with Crippen molar-refractivity contribution in [2.45, 2.75) is 118 Å². The second kappa shape index (κ2) is 15.5. The maximum atomic E-state index is 6.10. The van der Waals surface area contributed by atoms with Gasteiger partial charge in [-0.15, -0.1) is 0 Å². The molecule has 2 aliphatic heterocycles. The number of anilines is 1. The molecule has 2 aliphatic rings. The normalized spacial score (nSPS) is 19.4. The molecule has 0 amide bonds. The van der Waals surface area contributed by atoms with Gasteiger partial charge in [-0.05, 0) is 0 Å². The number of rotatable bonds is 15. The average molecular weight is 578 g/mol. The van der Waals surface area contributed by atoms with Crippen molar-refractivity contribution in [1.29, 1.82) is 0 Å². The zero-order valence-electron chi connectivity index (χ0n) is 22.2. The first-order valence-electron chi connectivity index (χ1n) is 14.2. The van der Waals surface area contributed by atoms with Crippen molar-refractivity contribution in [2.75, 3.05) is 24.6 Å². The van der Waals surface area contributed by atoms with E-state index in [4.69, 9.17) is 19.4 Å². The summed E-state index contributed by atoms with van der Waals surface area (Å²) < 4.78 is 19.0. The van der Waals surface area contributed by atoms with E-state index in [0.717, 1.165) is 49.9 Å². The number of hydrogen-bond acceptors (Lipinski definition) is 5. The van der Waals surface area contributed by atoms with Crippen molar-refractivity contribution in [1.82, 2.24) is 9.97 Å². The number of hydrogen-bond donors (Lipinski definition) is 0. The van der Waals surface area contributed by atoms with Gasteiger partial charge in [0.25, 0.3) is 0 Å². The van der Waals surface area contributed by atoms with Crippen molar-refractivity contribution in [2.24, 2.45) is 0 Å². The Morgan fingerprint density at radius 2 is 1.65 bits per heavy atom. The van der Waals surface area contributed by atoms with Crippen molar-refractivity contribution in [3.8, 4) is 0 Å². The fourth-order valence-corrected chi connectivity index (χ4v) is 19.3. The molecule has 0 aliphatic carbocycles. The van der Waals surface area contributed by atoms with Gasteiger partial charge in [0.1, 0.15) is 0 Å². The van der Waals surface area contributed by atoms with Gasteiger partial charge >= 0.3 is 214 Å². The quantitative estimate of drug-likeness (QED) is 0.202. The summed E-state index contributed by atoms with van der Waals surface area (Å²) in [4.78, 5) is 12.4. The van der Waals surface area contributed by atoms with Crippen molar-refractivity contribution in [3.63, 3.8) is 0 Å². The third-order valence-corrected chi connectivity index (χ3v) is 21.5. The molecular formula is C28H49N3O2Sn. The van der Waals surface area contributed by atoms with E-state index in [1.165, 1.54) is 71.1 Å². The summed E-state index contributed by atoms with van der Waals surface area (Å²) in [6.07, 6.45) is 16.1. The molecule has 34 heavy (non-hydrogen) atoms. The molecule has 0 spiro atoms. The van der Waals surface area contributed by atoms with Gasteiger partial charge in [-0.2, -0.15) is 0 Å². The number of aromatic nitrogens is 2. The van der Waals surface area contributed by atoms with E-state index in [9.17, 15) is 0 Å². The SMILES string of the molecule is CCC[CH2][Sn](/[CH]=C/c1nc(COC2CCCCO2)cc(N2CCCC2)n1)([CH2]CCC)[CH2]CCC. The summed E-state index contributed by atoms with van der Waals surface area (Å²) in [5, 5.41) is 0. The molecule has 2 fully saturated rings. The zero-order chi connectivity index (χ0) is 24.1. The Morgan fingerprint density at radius 1 is 0.971 bits per heavy atom. The summed E-state index contributed by atoms with van der Waals surface area (Å²) in [6.45, 7) is 10.5. The molecule has 0 N–H and O–H groups in total. The van der Waals surface area contributed by atoms with Crippen LogP contribution in [-0.4, -0.2) is 54.3 Å². The Hall–Kier alpha value is -0.661. The van der Waals surface area contributed by atoms with Gasteiger partial charge in [-0.25, -0.2) is 0 Å². The van der Waals surface area contributed by atoms with Crippen LogP contribution in [0.3, 0.4) is 0 Å². The molecule has 0 radical (unpaired) electrons. The van der Waals surface area contributed by atoms with E-state index in [1.54, 1.807) is 0 Å². The molecule has 2 saturated heterocycles. The molecule has 1 aromatic rings. The molecule has 0 aromatic carbocycles. The van der Waals surface area contributed by atoms with E-state index in [2.05, 4.69) is 41.9 Å². The third-order valence-electron chi connectivity index (χ3n) is 7.44. The van der Waals surface area contributed by atoms with Crippen LogP contribution in [0.4, 0.5) is 5.82 Å². The Balaban J connectivity index is 1.82. The Kier molecular flexibility index (Phi) is 12.7. The predicted octanol–water partition coefficient (Wildman–Crippen LogP) is 7.52. The van der Waals surface area contributed by atoms with Crippen LogP contribution in [0.1, 0.15) is 103 Å². The van der Waals surface area contributed by atoms with E-state index >= 15 is 0 Å². The fraction of sp³-hybridized carbons (Fsp3) is 0.786. The van der Waals surface area contributed by atoms with Crippen molar-refractivity contribution >= 4 is 30.3 Å². The average Bonchev–Trinajstić information content (AvgIpc) is 3.42. The summed E-state index contributed by atoms with van der Waals surface area (Å²) >= 11 is -2.37. The topological polar surface area (TPSA) is 47.5 Å². The Bertz CT molecular complexity index is 709. The van der Waals surface area contributed by atoms with Crippen molar-refractivity contribution < 1.29 is 9.47 Å². The van der Waals surface area contributed by atoms with E-state index in [-0.39, 0.29) is 6.29 Å². The first-order chi connectivity index (χ1) is 16.7. The van der Waals surface area contributed by atoms with E-state index < -0.39 is 18.4 Å². The van der Waals surface area contributed by atoms with Crippen LogP contribution in [0.25, 0.3) is 6.08 Å². The molecule has 0 bridgehead atoms. The summed E-state index contributed by atoms with van der Waals surface area (Å²) in [6, 6.07) is 2.15. The zero-order valence-corrected chi connectivity index (χ0v) is 25.0. The van der Waals surface area contributed by atoms with Gasteiger partial charge in [0.05, 0.1) is 0 Å². The molecule has 1 unspecified atom stereocenters. The number of nitrogens with zero attached hydrogens (tertiary/aromatic N) is 3. The van der Waals surface area contributed by atoms with Gasteiger partial charge in [-0.3, -0.25) is 0 Å². The molecule has 192 valence electrons. The van der Waals surface area contributed by atoms with Gasteiger partial charge in [0.2, 0.25) is 0 Å². The van der Waals surface area contributed by atoms with Crippen LogP contribution < -0.4 is 4.90 Å². The Labute approximate surface area is 213 Å². The van der Waals surface area contributed by atoms with Crippen LogP contribution in [-0.2, 0) is 16.1 Å². The van der Waals surface area contributed by atoms with Crippen LogP contribution in [0, 0.1) is 0 Å². The van der Waals surface area contributed by atoms with Gasteiger partial charge < -0.3 is 0 Å². The van der Waals surface area contributed by atoms with E-state index in [1.807, 2.05) is 0 Å². The number of unbranched alkanes of at least 4 members (excludes halogenated alkanes) is 3. The van der Waals surface area contributed by atoms with Gasteiger partial charge in [0.15, 0.2) is 0 Å². The molecular weight excluding hydrogens is 529 g/mol. The molecule has 0 saturated carbocycles. The molecule has 6 heteroatoms. The van der Waals surface area contributed by atoms with E-state index in [0.29, 0.717) is 6.61 Å². The summed E-state index contributed by atoms with van der Waals surface area (Å²) in [5.74, 6) is 1.96. The molecule has 1 aromatic heterocycles. The minimum atomic E-state index is -2.37. The second-order valence-electron chi connectivity index (χ2n) is 10.4. The van der Waals surface area contributed by atoms with Crippen LogP contribution in [0.15, 0.2) is 10.2 Å². The summed E-state index contributed by atoms with van der Waals surface area (Å²) in [5.41, 5.74) is 0.988. The van der Waals surface area contributed by atoms with Crippen LogP contribution in [0.5, 0.6) is 0 Å². The number of ether oxygens (including phenoxy) is 2. The van der Waals surface area contributed by atoms with Gasteiger partial charge in [-0.1, -0.05) is 0 Å². The first kappa shape index (κ1) is 27.9. The van der Waals surface area contributed by atoms with Crippen LogP contribution in [0.2, 0.25) is 13.3 Å². The monoisotopic (exact) mass is 579 g/mol. The molecule has 1 atom stereocenters. The Morgan fingerprint density at radius 3 is 2.24 bits per heavy atom. The van der Waals surface area contributed by atoms with Crippen molar-refractivity contribution in [3.05, 3.63) is 21.7 Å². The summed E-state index contributed by atoms with van der Waals surface area (Å²) in [7, 11) is 0. The van der Waals surface area contributed by atoms with Gasteiger partial charge in [0, 0.05) is 0 Å². The maximum absolute atomic E-state index is 6.10. The van der Waals surface area contributed by atoms with Crippen LogP contribution >= 0.6 is 0 Å². The minimum absolute atomic E-state index is 0.0843. The molecule has 3 rings (SSSR count).